The Kier molecular flexibility index (Phi) is 8.82. The van der Waals surface area contributed by atoms with Crippen LogP contribution in [0.15, 0.2) is 4.99 Å². The fraction of sp³-hybridized carbons (Fsp3) is 0.882. The molecule has 0 aromatic carbocycles. The van der Waals surface area contributed by atoms with Gasteiger partial charge in [0.25, 0.3) is 0 Å². The maximum Gasteiger partial charge on any atom is 0.328 e. The molecule has 0 bridgehead atoms. The van der Waals surface area contributed by atoms with Gasteiger partial charge in [0.1, 0.15) is 12.1 Å². The minimum atomic E-state index is -3.14. The van der Waals surface area contributed by atoms with Gasteiger partial charge in [0.2, 0.25) is 10.0 Å². The first-order chi connectivity index (χ1) is 12.1. The number of guanidine groups is 1. The molecule has 0 radical (unpaired) electrons. The van der Waals surface area contributed by atoms with Crippen molar-refractivity contribution in [3.8, 4) is 0 Å². The number of rotatable bonds is 7. The summed E-state index contributed by atoms with van der Waals surface area (Å²) in [5.41, 5.74) is -0.533. The second-order valence-corrected chi connectivity index (χ2v) is 9.50. The van der Waals surface area contributed by atoms with Crippen molar-refractivity contribution in [1.82, 2.24) is 14.9 Å². The molecule has 2 N–H and O–H groups in total. The Labute approximate surface area is 157 Å². The zero-order valence-electron chi connectivity index (χ0n) is 16.7. The summed E-state index contributed by atoms with van der Waals surface area (Å²) in [6, 6.07) is 0.125. The summed E-state index contributed by atoms with van der Waals surface area (Å²) in [4.78, 5) is 16.1. The van der Waals surface area contributed by atoms with Crippen molar-refractivity contribution in [3.05, 3.63) is 0 Å². The lowest BCUT2D eigenvalue weighted by atomic mass is 10.1. The minimum absolute atomic E-state index is 0.0592. The van der Waals surface area contributed by atoms with Crippen LogP contribution in [0.5, 0.6) is 0 Å². The molecule has 0 aromatic heterocycles. The number of nitrogens with zero attached hydrogens (tertiary/aromatic N) is 2. The summed E-state index contributed by atoms with van der Waals surface area (Å²) in [5, 5.41) is 6.40. The largest absolute Gasteiger partial charge is 0.459 e. The number of ether oxygens (including phenoxy) is 1. The molecule has 1 aliphatic rings. The van der Waals surface area contributed by atoms with Gasteiger partial charge in [-0.3, -0.25) is 4.79 Å². The van der Waals surface area contributed by atoms with E-state index >= 15 is 0 Å². The molecule has 0 spiro atoms. The highest BCUT2D eigenvalue weighted by atomic mass is 32.2. The van der Waals surface area contributed by atoms with Crippen molar-refractivity contribution in [2.75, 3.05) is 31.9 Å². The topological polar surface area (TPSA) is 100 Å². The molecule has 0 saturated carbocycles. The van der Waals surface area contributed by atoms with Crippen molar-refractivity contribution < 1.29 is 17.9 Å². The van der Waals surface area contributed by atoms with Crippen LogP contribution in [0.4, 0.5) is 0 Å². The fourth-order valence-corrected chi connectivity index (χ4v) is 4.24. The van der Waals surface area contributed by atoms with Crippen LogP contribution in [0.1, 0.15) is 53.9 Å². The normalized spacial score (nSPS) is 17.8. The average molecular weight is 391 g/mol. The Balaban J connectivity index is 2.56. The van der Waals surface area contributed by atoms with E-state index in [0.717, 1.165) is 0 Å². The van der Waals surface area contributed by atoms with Gasteiger partial charge in [0.15, 0.2) is 5.96 Å². The van der Waals surface area contributed by atoms with Crippen LogP contribution in [0.3, 0.4) is 0 Å². The molecule has 1 aliphatic heterocycles. The number of esters is 1. The summed E-state index contributed by atoms with van der Waals surface area (Å²) in [5.74, 6) is 0.369. The van der Waals surface area contributed by atoms with E-state index < -0.39 is 15.6 Å². The van der Waals surface area contributed by atoms with Crippen molar-refractivity contribution >= 4 is 22.0 Å². The summed E-state index contributed by atoms with van der Waals surface area (Å²) in [6.45, 7) is 10.9. The quantitative estimate of drug-likeness (QED) is 0.383. The second kappa shape index (κ2) is 10.1. The van der Waals surface area contributed by atoms with Crippen LogP contribution in [-0.2, 0) is 19.6 Å². The predicted molar refractivity (Wildman–Crippen MR) is 104 cm³/mol. The first-order valence-electron chi connectivity index (χ1n) is 9.32. The van der Waals surface area contributed by atoms with E-state index in [1.54, 1.807) is 4.31 Å². The van der Waals surface area contributed by atoms with E-state index in [-0.39, 0.29) is 24.3 Å². The lowest BCUT2D eigenvalue weighted by molar-refractivity contribution is -0.152. The zero-order chi connectivity index (χ0) is 19.8. The molecular weight excluding hydrogens is 356 g/mol. The molecule has 26 heavy (non-hydrogen) atoms. The molecule has 1 saturated heterocycles. The molecule has 152 valence electrons. The molecule has 0 aliphatic carbocycles. The van der Waals surface area contributed by atoms with Crippen LogP contribution in [-0.4, -0.2) is 68.2 Å². The van der Waals surface area contributed by atoms with Crippen molar-refractivity contribution in [2.45, 2.75) is 65.5 Å². The molecule has 0 unspecified atom stereocenters. The van der Waals surface area contributed by atoms with Gasteiger partial charge in [-0.15, -0.1) is 0 Å². The Bertz CT molecular complexity index is 576. The Morgan fingerprint density at radius 2 is 1.85 bits per heavy atom. The number of sulfonamides is 1. The summed E-state index contributed by atoms with van der Waals surface area (Å²) < 4.78 is 31.1. The predicted octanol–water partition coefficient (Wildman–Crippen LogP) is 1.09. The second-order valence-electron chi connectivity index (χ2n) is 7.42. The number of carbonyl (C=O) groups is 1. The lowest BCUT2D eigenvalue weighted by Crippen LogP contribution is -2.50. The average Bonchev–Trinajstić information content (AvgIpc) is 2.52. The fourth-order valence-electron chi connectivity index (χ4n) is 2.70. The third-order valence-corrected chi connectivity index (χ3v) is 5.86. The zero-order valence-corrected chi connectivity index (χ0v) is 17.5. The number of nitrogens with one attached hydrogen (secondary N) is 2. The van der Waals surface area contributed by atoms with Gasteiger partial charge < -0.3 is 15.4 Å². The first kappa shape index (κ1) is 22.7. The molecule has 1 heterocycles. The van der Waals surface area contributed by atoms with Gasteiger partial charge in [0, 0.05) is 25.7 Å². The van der Waals surface area contributed by atoms with Crippen LogP contribution >= 0.6 is 0 Å². The summed E-state index contributed by atoms with van der Waals surface area (Å²) in [7, 11) is -3.14. The Hall–Kier alpha value is -1.35. The van der Waals surface area contributed by atoms with Crippen molar-refractivity contribution in [1.29, 1.82) is 0 Å². The van der Waals surface area contributed by atoms with Gasteiger partial charge in [0.05, 0.1) is 5.75 Å². The number of hydrogen-bond acceptors (Lipinski definition) is 5. The third-order valence-electron chi connectivity index (χ3n) is 3.78. The molecule has 0 aromatic rings. The van der Waals surface area contributed by atoms with Crippen LogP contribution in [0.25, 0.3) is 0 Å². The van der Waals surface area contributed by atoms with E-state index in [1.807, 2.05) is 34.6 Å². The maximum absolute atomic E-state index is 12.1. The van der Waals surface area contributed by atoms with Crippen molar-refractivity contribution in [3.63, 3.8) is 0 Å². The number of aliphatic imine (C=N–C) groups is 1. The van der Waals surface area contributed by atoms with Crippen molar-refractivity contribution in [2.24, 2.45) is 4.99 Å². The van der Waals surface area contributed by atoms with Crippen LogP contribution in [0, 0.1) is 0 Å². The van der Waals surface area contributed by atoms with E-state index in [2.05, 4.69) is 15.6 Å². The van der Waals surface area contributed by atoms with E-state index in [1.165, 1.54) is 0 Å². The summed E-state index contributed by atoms with van der Waals surface area (Å²) in [6.07, 6.45) is 2.04. The molecule has 0 atom stereocenters. The lowest BCUT2D eigenvalue weighted by Gasteiger charge is -2.32. The monoisotopic (exact) mass is 390 g/mol. The Morgan fingerprint density at radius 1 is 1.23 bits per heavy atom. The van der Waals surface area contributed by atoms with Gasteiger partial charge in [-0.2, -0.15) is 0 Å². The SMILES string of the molecule is CCCS(=O)(=O)N1CCC(NC(=NCC(=O)OC(C)(C)C)NCC)CC1. The van der Waals surface area contributed by atoms with E-state index in [9.17, 15) is 13.2 Å². The number of carbonyl (C=O) groups excluding carboxylic acids is 1. The Morgan fingerprint density at radius 3 is 2.35 bits per heavy atom. The molecular formula is C17H34N4O4S. The van der Waals surface area contributed by atoms with E-state index in [0.29, 0.717) is 44.9 Å². The highest BCUT2D eigenvalue weighted by Crippen LogP contribution is 2.15. The number of hydrogen-bond donors (Lipinski definition) is 2. The van der Waals surface area contributed by atoms with E-state index in [4.69, 9.17) is 4.74 Å². The smallest absolute Gasteiger partial charge is 0.328 e. The van der Waals surface area contributed by atoms with Crippen LogP contribution in [0.2, 0.25) is 0 Å². The molecule has 1 fully saturated rings. The van der Waals surface area contributed by atoms with Gasteiger partial charge in [-0.25, -0.2) is 17.7 Å². The number of piperidine rings is 1. The van der Waals surface area contributed by atoms with Gasteiger partial charge in [-0.1, -0.05) is 6.92 Å². The molecule has 8 nitrogen and oxygen atoms in total. The molecule has 0 amide bonds. The third kappa shape index (κ3) is 8.35. The first-order valence-corrected chi connectivity index (χ1v) is 10.9. The van der Waals surface area contributed by atoms with Gasteiger partial charge >= 0.3 is 5.97 Å². The standard InChI is InChI=1S/C17H34N4O4S/c1-6-12-26(23,24)21-10-8-14(9-11-21)20-16(18-7-2)19-13-15(22)25-17(3,4)5/h14H,6-13H2,1-5H3,(H2,18,19,20). The van der Waals surface area contributed by atoms with Crippen LogP contribution < -0.4 is 10.6 Å². The maximum atomic E-state index is 12.1. The summed E-state index contributed by atoms with van der Waals surface area (Å²) >= 11 is 0. The minimum Gasteiger partial charge on any atom is -0.459 e. The van der Waals surface area contributed by atoms with Gasteiger partial charge in [-0.05, 0) is 47.0 Å². The highest BCUT2D eigenvalue weighted by Gasteiger charge is 2.27. The highest BCUT2D eigenvalue weighted by molar-refractivity contribution is 7.89. The molecule has 9 heteroatoms. The molecule has 1 rings (SSSR count).